The first kappa shape index (κ1) is 11.5. The second-order valence-corrected chi connectivity index (χ2v) is 5.18. The molecule has 92 valence electrons. The Morgan fingerprint density at radius 2 is 1.67 bits per heavy atom. The maximum absolute atomic E-state index is 5.80. The number of nitrogens with two attached hydrogens (primary N) is 1. The Morgan fingerprint density at radius 3 is 2.33 bits per heavy atom. The first-order valence-electron chi connectivity index (χ1n) is 6.34. The van der Waals surface area contributed by atoms with Gasteiger partial charge in [-0.2, -0.15) is 0 Å². The molecule has 1 fully saturated rings. The number of hydrogen-bond donors (Lipinski definition) is 1. The molecule has 0 radical (unpaired) electrons. The molecule has 1 heterocycles. The number of nitrogens with zero attached hydrogens (tertiary/aromatic N) is 1. The zero-order valence-corrected chi connectivity index (χ0v) is 11.0. The lowest BCUT2D eigenvalue weighted by Crippen LogP contribution is -2.18. The van der Waals surface area contributed by atoms with Crippen molar-refractivity contribution in [2.45, 2.75) is 12.8 Å². The van der Waals surface area contributed by atoms with Gasteiger partial charge < -0.3 is 10.6 Å². The van der Waals surface area contributed by atoms with Crippen LogP contribution in [0.4, 0.5) is 5.69 Å². The van der Waals surface area contributed by atoms with Gasteiger partial charge in [-0.05, 0) is 30.4 Å². The van der Waals surface area contributed by atoms with Crippen molar-refractivity contribution in [1.82, 2.24) is 0 Å². The highest BCUT2D eigenvalue weighted by atomic mass is 32.1. The molecule has 0 aliphatic carbocycles. The van der Waals surface area contributed by atoms with Crippen molar-refractivity contribution in [2.24, 2.45) is 5.73 Å². The Morgan fingerprint density at radius 1 is 1.00 bits per heavy atom. The van der Waals surface area contributed by atoms with Crippen LogP contribution >= 0.6 is 12.2 Å². The van der Waals surface area contributed by atoms with Gasteiger partial charge >= 0.3 is 0 Å². The maximum atomic E-state index is 5.80. The largest absolute Gasteiger partial charge is 0.389 e. The van der Waals surface area contributed by atoms with Gasteiger partial charge in [-0.15, -0.1) is 0 Å². The second-order valence-electron chi connectivity index (χ2n) is 4.74. The lowest BCUT2D eigenvalue weighted by atomic mass is 10.0. The standard InChI is InChI=1S/C15H16N2S/c16-15(18)13-7-8-14(17-9-3-4-10-17)12-6-2-1-5-11(12)13/h1-2,5-8H,3-4,9-10H2,(H2,16,18). The van der Waals surface area contributed by atoms with E-state index in [1.54, 1.807) is 0 Å². The smallest absolute Gasteiger partial charge is 0.104 e. The first-order chi connectivity index (χ1) is 8.77. The molecule has 18 heavy (non-hydrogen) atoms. The minimum Gasteiger partial charge on any atom is -0.389 e. The van der Waals surface area contributed by atoms with Gasteiger partial charge in [-0.3, -0.25) is 0 Å². The molecule has 1 aliphatic rings. The maximum Gasteiger partial charge on any atom is 0.104 e. The van der Waals surface area contributed by atoms with Crippen LogP contribution in [0.5, 0.6) is 0 Å². The zero-order valence-electron chi connectivity index (χ0n) is 10.2. The molecule has 0 amide bonds. The van der Waals surface area contributed by atoms with Gasteiger partial charge in [0.25, 0.3) is 0 Å². The summed E-state index contributed by atoms with van der Waals surface area (Å²) in [6.45, 7) is 2.30. The molecule has 0 saturated carbocycles. The van der Waals surface area contributed by atoms with E-state index in [4.69, 9.17) is 18.0 Å². The normalized spacial score (nSPS) is 15.2. The van der Waals surface area contributed by atoms with Gasteiger partial charge in [0.2, 0.25) is 0 Å². The van der Waals surface area contributed by atoms with Crippen LogP contribution in [-0.4, -0.2) is 18.1 Å². The molecule has 2 aromatic carbocycles. The third-order valence-electron chi connectivity index (χ3n) is 3.61. The quantitative estimate of drug-likeness (QED) is 0.837. The average Bonchev–Trinajstić information content (AvgIpc) is 2.91. The van der Waals surface area contributed by atoms with E-state index in [2.05, 4.69) is 35.2 Å². The van der Waals surface area contributed by atoms with Crippen LogP contribution in [0.2, 0.25) is 0 Å². The van der Waals surface area contributed by atoms with E-state index >= 15 is 0 Å². The van der Waals surface area contributed by atoms with Crippen molar-refractivity contribution in [3.63, 3.8) is 0 Å². The molecular weight excluding hydrogens is 240 g/mol. The first-order valence-corrected chi connectivity index (χ1v) is 6.75. The summed E-state index contributed by atoms with van der Waals surface area (Å²) in [7, 11) is 0. The Labute approximate surface area is 112 Å². The summed E-state index contributed by atoms with van der Waals surface area (Å²) in [6, 6.07) is 12.6. The van der Waals surface area contributed by atoms with Gasteiger partial charge in [0.1, 0.15) is 4.99 Å². The fourth-order valence-electron chi connectivity index (χ4n) is 2.73. The fourth-order valence-corrected chi connectivity index (χ4v) is 2.91. The van der Waals surface area contributed by atoms with Crippen molar-refractivity contribution < 1.29 is 0 Å². The molecule has 0 atom stereocenters. The Balaban J connectivity index is 2.22. The van der Waals surface area contributed by atoms with Gasteiger partial charge in [0, 0.05) is 29.7 Å². The lowest BCUT2D eigenvalue weighted by molar-refractivity contribution is 0.949. The van der Waals surface area contributed by atoms with Crippen LogP contribution < -0.4 is 10.6 Å². The van der Waals surface area contributed by atoms with E-state index in [0.29, 0.717) is 4.99 Å². The molecule has 2 N–H and O–H groups in total. The fraction of sp³-hybridized carbons (Fsp3) is 0.267. The summed E-state index contributed by atoms with van der Waals surface area (Å²) < 4.78 is 0. The molecule has 0 unspecified atom stereocenters. The van der Waals surface area contributed by atoms with Crippen molar-refractivity contribution >= 4 is 33.7 Å². The Hall–Kier alpha value is -1.61. The minimum atomic E-state index is 0.471. The molecule has 2 nitrogen and oxygen atoms in total. The van der Waals surface area contributed by atoms with Gasteiger partial charge in [0.15, 0.2) is 0 Å². The zero-order chi connectivity index (χ0) is 12.5. The number of fused-ring (bicyclic) bond motifs is 1. The number of rotatable bonds is 2. The third kappa shape index (κ3) is 1.85. The van der Waals surface area contributed by atoms with Crippen LogP contribution in [-0.2, 0) is 0 Å². The molecular formula is C15H16N2S. The second kappa shape index (κ2) is 4.58. The van der Waals surface area contributed by atoms with Gasteiger partial charge in [0.05, 0.1) is 0 Å². The van der Waals surface area contributed by atoms with Gasteiger partial charge in [-0.1, -0.05) is 36.5 Å². The van der Waals surface area contributed by atoms with E-state index in [1.165, 1.54) is 23.9 Å². The lowest BCUT2D eigenvalue weighted by Gasteiger charge is -2.21. The third-order valence-corrected chi connectivity index (χ3v) is 3.83. The van der Waals surface area contributed by atoms with E-state index in [-0.39, 0.29) is 0 Å². The van der Waals surface area contributed by atoms with E-state index < -0.39 is 0 Å². The van der Waals surface area contributed by atoms with Gasteiger partial charge in [-0.25, -0.2) is 0 Å². The number of hydrogen-bond acceptors (Lipinski definition) is 2. The van der Waals surface area contributed by atoms with Crippen LogP contribution in [0.3, 0.4) is 0 Å². The minimum absolute atomic E-state index is 0.471. The number of thiocarbonyl (C=S) groups is 1. The van der Waals surface area contributed by atoms with Crippen molar-refractivity contribution in [3.8, 4) is 0 Å². The van der Waals surface area contributed by atoms with Crippen LogP contribution in [0.1, 0.15) is 18.4 Å². The summed E-state index contributed by atoms with van der Waals surface area (Å²) >= 11 is 5.13. The summed E-state index contributed by atoms with van der Waals surface area (Å²) in [4.78, 5) is 2.92. The highest BCUT2D eigenvalue weighted by Gasteiger charge is 2.16. The predicted octanol–water partition coefficient (Wildman–Crippen LogP) is 3.07. The average molecular weight is 256 g/mol. The molecule has 3 heteroatoms. The van der Waals surface area contributed by atoms with Crippen molar-refractivity contribution in [1.29, 1.82) is 0 Å². The molecule has 1 saturated heterocycles. The van der Waals surface area contributed by atoms with E-state index in [9.17, 15) is 0 Å². The summed E-state index contributed by atoms with van der Waals surface area (Å²) in [5.41, 5.74) is 8.09. The molecule has 3 rings (SSSR count). The molecule has 0 bridgehead atoms. The topological polar surface area (TPSA) is 29.3 Å². The summed E-state index contributed by atoms with van der Waals surface area (Å²) in [5, 5.41) is 2.42. The summed E-state index contributed by atoms with van der Waals surface area (Å²) in [6.07, 6.45) is 2.57. The SMILES string of the molecule is NC(=S)c1ccc(N2CCCC2)c2ccccc12. The van der Waals surface area contributed by atoms with Crippen molar-refractivity contribution in [3.05, 3.63) is 42.0 Å². The van der Waals surface area contributed by atoms with E-state index in [1.807, 2.05) is 6.07 Å². The van der Waals surface area contributed by atoms with Crippen molar-refractivity contribution in [2.75, 3.05) is 18.0 Å². The number of benzene rings is 2. The monoisotopic (exact) mass is 256 g/mol. The molecule has 1 aliphatic heterocycles. The Bertz CT molecular complexity index is 600. The molecule has 0 aromatic heterocycles. The molecule has 2 aromatic rings. The highest BCUT2D eigenvalue weighted by Crippen LogP contribution is 2.31. The van der Waals surface area contributed by atoms with Crippen LogP contribution in [0.15, 0.2) is 36.4 Å². The number of anilines is 1. The highest BCUT2D eigenvalue weighted by molar-refractivity contribution is 7.80. The van der Waals surface area contributed by atoms with Crippen LogP contribution in [0.25, 0.3) is 10.8 Å². The summed E-state index contributed by atoms with van der Waals surface area (Å²) in [5.74, 6) is 0. The molecule has 0 spiro atoms. The van der Waals surface area contributed by atoms with Crippen LogP contribution in [0, 0.1) is 0 Å². The van der Waals surface area contributed by atoms with E-state index in [0.717, 1.165) is 24.0 Å². The predicted molar refractivity (Wildman–Crippen MR) is 81.3 cm³/mol. The Kier molecular flexibility index (Phi) is 2.92.